The first-order chi connectivity index (χ1) is 7.91. The van der Waals surface area contributed by atoms with Crippen molar-refractivity contribution in [3.8, 4) is 0 Å². The summed E-state index contributed by atoms with van der Waals surface area (Å²) in [6.45, 7) is 7.67. The van der Waals surface area contributed by atoms with Crippen molar-refractivity contribution in [2.75, 3.05) is 0 Å². The molecule has 0 atom stereocenters. The zero-order chi connectivity index (χ0) is 12.9. The van der Waals surface area contributed by atoms with E-state index in [-0.39, 0.29) is 4.75 Å². The zero-order valence-corrected chi connectivity index (χ0v) is 10.9. The number of hydrogen-bond acceptors (Lipinski definition) is 4. The second kappa shape index (κ2) is 5.68. The summed E-state index contributed by atoms with van der Waals surface area (Å²) >= 11 is 1.46. The topological polar surface area (TPSA) is 62.8 Å². The Morgan fingerprint density at radius 3 is 2.82 bits per heavy atom. The van der Waals surface area contributed by atoms with Gasteiger partial charge in [-0.3, -0.25) is 10.4 Å². The van der Waals surface area contributed by atoms with Crippen molar-refractivity contribution in [1.82, 2.24) is 4.98 Å². The average Bonchev–Trinajstić information content (AvgIpc) is 2.27. The number of hydrogen-bond donors (Lipinski definition) is 2. The molecule has 3 N–H and O–H groups in total. The minimum atomic E-state index is -0.199. The third-order valence-corrected chi connectivity index (χ3v) is 3.09. The maximum Gasteiger partial charge on any atom is 0.0966 e. The fraction of sp³-hybridized carbons (Fsp3) is 0.231. The fourth-order valence-corrected chi connectivity index (χ4v) is 2.06. The summed E-state index contributed by atoms with van der Waals surface area (Å²) in [6.07, 6.45) is 7.11. The van der Waals surface area contributed by atoms with Crippen LogP contribution in [0.25, 0.3) is 0 Å². The minimum absolute atomic E-state index is 0.199. The molecule has 0 radical (unpaired) electrons. The lowest BCUT2D eigenvalue weighted by molar-refractivity contribution is 0.903. The van der Waals surface area contributed by atoms with E-state index in [9.17, 15) is 0 Å². The Bertz CT molecular complexity index is 435. The van der Waals surface area contributed by atoms with Gasteiger partial charge in [0.1, 0.15) is 0 Å². The lowest BCUT2D eigenvalue weighted by atomic mass is 10.2. The Morgan fingerprint density at radius 1 is 1.59 bits per heavy atom. The molecular weight excluding hydrogens is 230 g/mol. The highest BCUT2D eigenvalue weighted by molar-refractivity contribution is 8.15. The molecule has 0 aliphatic heterocycles. The van der Waals surface area contributed by atoms with Crippen LogP contribution in [0.15, 0.2) is 49.0 Å². The van der Waals surface area contributed by atoms with Crippen LogP contribution in [-0.2, 0) is 0 Å². The maximum absolute atomic E-state index is 8.01. The molecule has 1 rings (SSSR count). The summed E-state index contributed by atoms with van der Waals surface area (Å²) in [5, 5.41) is 8.50. The number of nitrogens with zero attached hydrogens (tertiary/aromatic N) is 1. The predicted molar refractivity (Wildman–Crippen MR) is 75.2 cm³/mol. The van der Waals surface area contributed by atoms with Gasteiger partial charge in [0.15, 0.2) is 0 Å². The largest absolute Gasteiger partial charge is 0.399 e. The van der Waals surface area contributed by atoms with Crippen molar-refractivity contribution in [2.24, 2.45) is 5.73 Å². The SMILES string of the molecule is C=C(N)/C=C\C(C)(C)SC(=N)c1cccnc1. The number of rotatable bonds is 4. The first-order valence-electron chi connectivity index (χ1n) is 5.22. The van der Waals surface area contributed by atoms with Crippen molar-refractivity contribution in [3.63, 3.8) is 0 Å². The minimum Gasteiger partial charge on any atom is -0.399 e. The Labute approximate surface area is 106 Å². The van der Waals surface area contributed by atoms with Gasteiger partial charge >= 0.3 is 0 Å². The zero-order valence-electron chi connectivity index (χ0n) is 10.1. The number of thioether (sulfide) groups is 1. The fourth-order valence-electron chi connectivity index (χ4n) is 1.16. The Balaban J connectivity index is 2.71. The van der Waals surface area contributed by atoms with E-state index in [4.69, 9.17) is 11.1 Å². The third kappa shape index (κ3) is 4.87. The maximum atomic E-state index is 8.01. The Kier molecular flexibility index (Phi) is 4.52. The molecule has 0 aliphatic rings. The molecule has 0 bridgehead atoms. The summed E-state index contributed by atoms with van der Waals surface area (Å²) in [4.78, 5) is 4.00. The van der Waals surface area contributed by atoms with Crippen molar-refractivity contribution >= 4 is 16.8 Å². The van der Waals surface area contributed by atoms with E-state index >= 15 is 0 Å². The van der Waals surface area contributed by atoms with Crippen LogP contribution >= 0.6 is 11.8 Å². The molecule has 1 heterocycles. The first kappa shape index (κ1) is 13.5. The van der Waals surface area contributed by atoms with E-state index in [2.05, 4.69) is 11.6 Å². The molecule has 0 fully saturated rings. The molecule has 3 nitrogen and oxygen atoms in total. The highest BCUT2D eigenvalue weighted by Gasteiger charge is 2.18. The van der Waals surface area contributed by atoms with Crippen molar-refractivity contribution in [1.29, 1.82) is 5.41 Å². The van der Waals surface area contributed by atoms with Crippen LogP contribution in [0.3, 0.4) is 0 Å². The van der Waals surface area contributed by atoms with Gasteiger partial charge in [-0.15, -0.1) is 0 Å². The van der Waals surface area contributed by atoms with Gasteiger partial charge in [0.25, 0.3) is 0 Å². The van der Waals surface area contributed by atoms with E-state index < -0.39 is 0 Å². The van der Waals surface area contributed by atoms with Gasteiger partial charge in [-0.25, -0.2) is 0 Å². The average molecular weight is 247 g/mol. The van der Waals surface area contributed by atoms with Crippen molar-refractivity contribution in [2.45, 2.75) is 18.6 Å². The second-order valence-electron chi connectivity index (χ2n) is 4.18. The molecule has 0 unspecified atom stereocenters. The molecule has 0 aromatic carbocycles. The van der Waals surface area contributed by atoms with Gasteiger partial charge in [-0.1, -0.05) is 24.4 Å². The summed E-state index contributed by atoms with van der Waals surface area (Å²) in [6, 6.07) is 3.71. The van der Waals surface area contributed by atoms with Gasteiger partial charge in [-0.05, 0) is 32.1 Å². The number of allylic oxidation sites excluding steroid dienone is 1. The summed E-state index contributed by atoms with van der Waals surface area (Å²) in [7, 11) is 0. The highest BCUT2D eigenvalue weighted by atomic mass is 32.2. The number of pyridine rings is 1. The number of nitrogens with one attached hydrogen (secondary N) is 1. The van der Waals surface area contributed by atoms with E-state index in [1.165, 1.54) is 11.8 Å². The summed E-state index contributed by atoms with van der Waals surface area (Å²) < 4.78 is -0.199. The molecule has 90 valence electrons. The van der Waals surface area contributed by atoms with Crippen LogP contribution in [0.2, 0.25) is 0 Å². The second-order valence-corrected chi connectivity index (χ2v) is 5.85. The Morgan fingerprint density at radius 2 is 2.29 bits per heavy atom. The third-order valence-electron chi connectivity index (χ3n) is 1.99. The molecule has 0 amide bonds. The lowest BCUT2D eigenvalue weighted by Crippen LogP contribution is -2.14. The molecule has 1 aromatic rings. The summed E-state index contributed by atoms with van der Waals surface area (Å²) in [5.41, 5.74) is 6.83. The van der Waals surface area contributed by atoms with Crippen LogP contribution in [-0.4, -0.2) is 14.8 Å². The lowest BCUT2D eigenvalue weighted by Gasteiger charge is -2.19. The molecule has 0 saturated carbocycles. The van der Waals surface area contributed by atoms with Gasteiger partial charge < -0.3 is 5.73 Å². The monoisotopic (exact) mass is 247 g/mol. The number of nitrogens with two attached hydrogens (primary N) is 1. The first-order valence-corrected chi connectivity index (χ1v) is 6.04. The standard InChI is InChI=1S/C13H17N3S/c1-10(14)6-7-13(2,3)17-12(15)11-5-4-8-16-9-11/h4-9,15H,1,14H2,2-3H3/b7-6-,15-12?. The quantitative estimate of drug-likeness (QED) is 0.488. The van der Waals surface area contributed by atoms with E-state index in [1.54, 1.807) is 18.5 Å². The highest BCUT2D eigenvalue weighted by Crippen LogP contribution is 2.29. The predicted octanol–water partition coefficient (Wildman–Crippen LogP) is 2.95. The Hall–Kier alpha value is -1.55. The van der Waals surface area contributed by atoms with Crippen molar-refractivity contribution < 1.29 is 0 Å². The van der Waals surface area contributed by atoms with Crippen LogP contribution < -0.4 is 5.73 Å². The molecule has 17 heavy (non-hydrogen) atoms. The normalized spacial score (nSPS) is 11.6. The van der Waals surface area contributed by atoms with Gasteiger partial charge in [-0.2, -0.15) is 0 Å². The molecule has 1 aromatic heterocycles. The van der Waals surface area contributed by atoms with Gasteiger partial charge in [0, 0.05) is 28.4 Å². The summed E-state index contributed by atoms with van der Waals surface area (Å²) in [5.74, 6) is 0. The molecule has 4 heteroatoms. The van der Waals surface area contributed by atoms with E-state index in [0.29, 0.717) is 10.7 Å². The molecular formula is C13H17N3S. The van der Waals surface area contributed by atoms with Crippen molar-refractivity contribution in [3.05, 3.63) is 54.5 Å². The van der Waals surface area contributed by atoms with Crippen LogP contribution in [0.1, 0.15) is 19.4 Å². The molecule has 0 saturated heterocycles. The van der Waals surface area contributed by atoms with Crippen LogP contribution in [0.5, 0.6) is 0 Å². The smallest absolute Gasteiger partial charge is 0.0966 e. The van der Waals surface area contributed by atoms with E-state index in [0.717, 1.165) is 5.56 Å². The van der Waals surface area contributed by atoms with Gasteiger partial charge in [0.2, 0.25) is 0 Å². The van der Waals surface area contributed by atoms with E-state index in [1.807, 2.05) is 32.1 Å². The van der Waals surface area contributed by atoms with Gasteiger partial charge in [0.05, 0.1) is 5.04 Å². The van der Waals surface area contributed by atoms with Crippen LogP contribution in [0, 0.1) is 5.41 Å². The molecule has 0 spiro atoms. The number of aromatic nitrogens is 1. The van der Waals surface area contributed by atoms with Crippen LogP contribution in [0.4, 0.5) is 0 Å². The molecule has 0 aliphatic carbocycles.